The van der Waals surface area contributed by atoms with Gasteiger partial charge in [-0.2, -0.15) is 4.48 Å². The summed E-state index contributed by atoms with van der Waals surface area (Å²) in [5, 5.41) is 12.8. The SMILES string of the molecule is CN(CCC1=NC=C[N+]1(C(=O)[O-])c1ccc(OC(=O)c2ccc(Cl)c(Cl)c2)cc1)C(=O)OC(C)(C)C. The van der Waals surface area contributed by atoms with Gasteiger partial charge in [0.2, 0.25) is 5.84 Å². The third-order valence-electron chi connectivity index (χ3n) is 5.19. The van der Waals surface area contributed by atoms with E-state index in [0.717, 1.165) is 0 Å². The molecule has 36 heavy (non-hydrogen) atoms. The van der Waals surface area contributed by atoms with Gasteiger partial charge >= 0.3 is 12.1 Å². The highest BCUT2D eigenvalue weighted by Gasteiger charge is 2.41. The Morgan fingerprint density at radius 2 is 1.72 bits per heavy atom. The molecule has 0 aliphatic carbocycles. The lowest BCUT2D eigenvalue weighted by Gasteiger charge is -2.32. The number of carbonyl (C=O) groups is 3. The Morgan fingerprint density at radius 3 is 2.31 bits per heavy atom. The maximum Gasteiger partial charge on any atom is 0.410 e. The van der Waals surface area contributed by atoms with E-state index >= 15 is 0 Å². The molecule has 0 spiro atoms. The third kappa shape index (κ3) is 6.04. The van der Waals surface area contributed by atoms with Crippen molar-refractivity contribution in [2.75, 3.05) is 13.6 Å². The molecule has 1 atom stereocenters. The highest BCUT2D eigenvalue weighted by Crippen LogP contribution is 2.32. The Balaban J connectivity index is 1.75. The Morgan fingerprint density at radius 1 is 1.06 bits per heavy atom. The molecule has 190 valence electrons. The van der Waals surface area contributed by atoms with E-state index in [4.69, 9.17) is 32.7 Å². The summed E-state index contributed by atoms with van der Waals surface area (Å²) >= 11 is 11.8. The second kappa shape index (κ2) is 10.7. The largest absolute Gasteiger partial charge is 0.497 e. The van der Waals surface area contributed by atoms with Gasteiger partial charge in [0.05, 0.1) is 28.2 Å². The number of esters is 1. The van der Waals surface area contributed by atoms with E-state index in [2.05, 4.69) is 4.99 Å². The molecule has 1 aliphatic rings. The molecule has 0 radical (unpaired) electrons. The average Bonchev–Trinajstić information content (AvgIpc) is 3.23. The number of rotatable bonds is 6. The maximum atomic E-state index is 12.4. The van der Waals surface area contributed by atoms with Crippen LogP contribution in [0.3, 0.4) is 0 Å². The topological polar surface area (TPSA) is 108 Å². The van der Waals surface area contributed by atoms with Crippen LogP contribution in [0.2, 0.25) is 10.0 Å². The van der Waals surface area contributed by atoms with E-state index in [1.807, 2.05) is 0 Å². The zero-order chi connectivity index (χ0) is 26.7. The summed E-state index contributed by atoms with van der Waals surface area (Å²) in [6.07, 6.45) is 0.924. The van der Waals surface area contributed by atoms with Gasteiger partial charge in [-0.15, -0.1) is 0 Å². The van der Waals surface area contributed by atoms with Gasteiger partial charge in [0, 0.05) is 25.7 Å². The Bertz CT molecular complexity index is 1240. The van der Waals surface area contributed by atoms with E-state index in [1.54, 1.807) is 27.8 Å². The van der Waals surface area contributed by atoms with Gasteiger partial charge in [-0.3, -0.25) is 0 Å². The molecular formula is C25H25Cl2N3O6. The molecule has 0 fully saturated rings. The van der Waals surface area contributed by atoms with Gasteiger partial charge in [-0.25, -0.2) is 14.6 Å². The Hall–Kier alpha value is -3.40. The quantitative estimate of drug-likeness (QED) is 0.293. The summed E-state index contributed by atoms with van der Waals surface area (Å²) in [6, 6.07) is 10.3. The number of halogens is 2. The lowest BCUT2D eigenvalue weighted by Crippen LogP contribution is -2.59. The van der Waals surface area contributed by atoms with E-state index in [-0.39, 0.29) is 35.1 Å². The second-order valence-electron chi connectivity index (χ2n) is 9.00. The number of nitrogens with zero attached hydrogens (tertiary/aromatic N) is 3. The van der Waals surface area contributed by atoms with Crippen molar-refractivity contribution < 1.29 is 29.0 Å². The second-order valence-corrected chi connectivity index (χ2v) is 9.81. The average molecular weight is 534 g/mol. The highest BCUT2D eigenvalue weighted by molar-refractivity contribution is 6.42. The lowest BCUT2D eigenvalue weighted by atomic mass is 10.2. The number of quaternary nitrogens is 1. The van der Waals surface area contributed by atoms with Crippen LogP contribution in [0.15, 0.2) is 59.9 Å². The fourth-order valence-electron chi connectivity index (χ4n) is 3.38. The summed E-state index contributed by atoms with van der Waals surface area (Å²) in [5.74, 6) is -0.220. The summed E-state index contributed by atoms with van der Waals surface area (Å²) in [6.45, 7) is 5.44. The number of amides is 2. The molecule has 11 heteroatoms. The van der Waals surface area contributed by atoms with Crippen LogP contribution < -0.4 is 14.3 Å². The van der Waals surface area contributed by atoms with Crippen LogP contribution >= 0.6 is 23.2 Å². The third-order valence-corrected chi connectivity index (χ3v) is 5.93. The number of carboxylic acid groups (broad SMARTS) is 1. The zero-order valence-electron chi connectivity index (χ0n) is 20.2. The standard InChI is InChI=1S/C25H25Cl2N3O6/c1-25(2,3)36-23(32)29(4)13-11-21-28-12-14-30(21,24(33)34)17-6-8-18(9-7-17)35-22(31)16-5-10-19(26)20(27)15-16/h5-10,12,14-15H,11,13H2,1-4H3. The Kier molecular flexibility index (Phi) is 8.08. The summed E-state index contributed by atoms with van der Waals surface area (Å²) in [4.78, 5) is 42.6. The normalized spacial score (nSPS) is 16.9. The van der Waals surface area contributed by atoms with E-state index < -0.39 is 28.2 Å². The minimum Gasteiger partial charge on any atom is -0.497 e. The molecule has 3 rings (SSSR count). The number of hydrogen-bond acceptors (Lipinski definition) is 7. The monoisotopic (exact) mass is 533 g/mol. The van der Waals surface area contributed by atoms with Crippen molar-refractivity contribution in [2.24, 2.45) is 4.99 Å². The first kappa shape index (κ1) is 27.2. The first-order chi connectivity index (χ1) is 16.8. The van der Waals surface area contributed by atoms with Gasteiger partial charge in [-0.05, 0) is 51.1 Å². The number of carbonyl (C=O) groups excluding carboxylic acids is 3. The molecule has 2 aromatic rings. The van der Waals surface area contributed by atoms with Gasteiger partial charge in [0.1, 0.15) is 23.2 Å². The van der Waals surface area contributed by atoms with E-state index in [9.17, 15) is 19.5 Å². The minimum absolute atomic E-state index is 0.144. The van der Waals surface area contributed by atoms with Crippen molar-refractivity contribution in [1.82, 2.24) is 9.38 Å². The molecule has 0 N–H and O–H groups in total. The summed E-state index contributed by atoms with van der Waals surface area (Å²) < 4.78 is 9.90. The molecule has 1 heterocycles. The summed E-state index contributed by atoms with van der Waals surface area (Å²) in [7, 11) is 1.56. The lowest BCUT2D eigenvalue weighted by molar-refractivity contribution is -0.257. The van der Waals surface area contributed by atoms with Gasteiger partial charge in [0.25, 0.3) is 6.09 Å². The number of ether oxygens (including phenoxy) is 2. The van der Waals surface area contributed by atoms with E-state index in [1.165, 1.54) is 59.8 Å². The van der Waals surface area contributed by atoms with Gasteiger partial charge < -0.3 is 24.3 Å². The predicted octanol–water partition coefficient (Wildman–Crippen LogP) is 5.00. The van der Waals surface area contributed by atoms with Crippen LogP contribution in [-0.4, -0.2) is 48.1 Å². The van der Waals surface area contributed by atoms with Crippen molar-refractivity contribution in [3.8, 4) is 5.75 Å². The molecule has 0 saturated carbocycles. The fourth-order valence-corrected chi connectivity index (χ4v) is 3.68. The van der Waals surface area contributed by atoms with Crippen molar-refractivity contribution >= 4 is 52.9 Å². The van der Waals surface area contributed by atoms with E-state index in [0.29, 0.717) is 10.7 Å². The van der Waals surface area contributed by atoms with Crippen molar-refractivity contribution in [3.05, 3.63) is 70.5 Å². The number of benzene rings is 2. The number of amidine groups is 1. The molecule has 1 unspecified atom stereocenters. The van der Waals surface area contributed by atoms with Crippen LogP contribution in [0.4, 0.5) is 15.3 Å². The van der Waals surface area contributed by atoms with Crippen molar-refractivity contribution in [3.63, 3.8) is 0 Å². The molecule has 0 aromatic heterocycles. The first-order valence-electron chi connectivity index (χ1n) is 10.9. The molecule has 1 aliphatic heterocycles. The predicted molar refractivity (Wildman–Crippen MR) is 135 cm³/mol. The number of hydrogen-bond donors (Lipinski definition) is 0. The molecule has 2 aromatic carbocycles. The van der Waals surface area contributed by atoms with Crippen LogP contribution in [0.1, 0.15) is 37.6 Å². The summed E-state index contributed by atoms with van der Waals surface area (Å²) in [5.41, 5.74) is -0.150. The van der Waals surface area contributed by atoms with Crippen LogP contribution in [-0.2, 0) is 4.74 Å². The smallest absolute Gasteiger partial charge is 0.410 e. The minimum atomic E-state index is -1.43. The first-order valence-corrected chi connectivity index (χ1v) is 11.7. The molecule has 2 amide bonds. The fraction of sp³-hybridized carbons (Fsp3) is 0.280. The Labute approximate surface area is 218 Å². The van der Waals surface area contributed by atoms with Crippen LogP contribution in [0.5, 0.6) is 5.75 Å². The maximum absolute atomic E-state index is 12.4. The molecule has 9 nitrogen and oxygen atoms in total. The number of aliphatic imine (C=N–C) groups is 1. The molecular weight excluding hydrogens is 509 g/mol. The zero-order valence-corrected chi connectivity index (χ0v) is 21.7. The van der Waals surface area contributed by atoms with Crippen LogP contribution in [0, 0.1) is 0 Å². The van der Waals surface area contributed by atoms with Gasteiger partial charge in [-0.1, -0.05) is 23.2 Å². The van der Waals surface area contributed by atoms with Crippen molar-refractivity contribution in [1.29, 1.82) is 0 Å². The molecule has 0 saturated heterocycles. The molecule has 0 bridgehead atoms. The van der Waals surface area contributed by atoms with Crippen molar-refractivity contribution in [2.45, 2.75) is 32.8 Å². The van der Waals surface area contributed by atoms with Gasteiger partial charge in [0.15, 0.2) is 0 Å². The highest BCUT2D eigenvalue weighted by atomic mass is 35.5. The van der Waals surface area contributed by atoms with Crippen LogP contribution in [0.25, 0.3) is 0 Å².